The summed E-state index contributed by atoms with van der Waals surface area (Å²) in [5.41, 5.74) is 2.94. The van der Waals surface area contributed by atoms with Gasteiger partial charge >= 0.3 is 0 Å². The predicted molar refractivity (Wildman–Crippen MR) is 283 cm³/mol. The van der Waals surface area contributed by atoms with E-state index in [0.29, 0.717) is 52.5 Å². The molecule has 4 aliphatic rings. The second-order valence-corrected chi connectivity index (χ2v) is 20.2. The largest absolute Gasteiger partial charge is 0.489 e. The summed E-state index contributed by atoms with van der Waals surface area (Å²) in [7, 11) is 3.35. The van der Waals surface area contributed by atoms with Gasteiger partial charge in [-0.15, -0.1) is 0 Å². The van der Waals surface area contributed by atoms with E-state index in [9.17, 15) is 19.2 Å². The smallest absolute Gasteiger partial charge is 0.270 e. The number of anilines is 3. The van der Waals surface area contributed by atoms with Crippen molar-refractivity contribution < 1.29 is 42.9 Å². The molecule has 1 spiro atoms. The van der Waals surface area contributed by atoms with E-state index in [1.165, 1.54) is 28.3 Å². The second kappa shape index (κ2) is 21.6. The molecular formula is C59H59N7O9. The van der Waals surface area contributed by atoms with E-state index in [1.807, 2.05) is 97.1 Å². The van der Waals surface area contributed by atoms with E-state index >= 15 is 0 Å². The van der Waals surface area contributed by atoms with Crippen molar-refractivity contribution in [1.29, 1.82) is 0 Å². The van der Waals surface area contributed by atoms with Gasteiger partial charge in [-0.05, 0) is 118 Å². The minimum Gasteiger partial charge on any atom is -0.489 e. The molecule has 2 aromatic heterocycles. The van der Waals surface area contributed by atoms with Crippen molar-refractivity contribution in [2.24, 2.45) is 10.8 Å². The first kappa shape index (κ1) is 50.1. The Labute approximate surface area is 436 Å². The number of piperidine rings is 1. The van der Waals surface area contributed by atoms with Gasteiger partial charge in [0.1, 0.15) is 71.2 Å². The SMILES string of the molecule is CN1C(=O)C(NC(=O)c2cc(Oc3ccccc3)ccn2)COc2cc(N3CCC4(CCOC(CC(C)(C)C#Cc5ccc6c(c5)N(C)C(=O)C(NC(=O)c5cc(Oc7ccccc7)ccn5)CO6)C4)CC3)ccc21. The van der Waals surface area contributed by atoms with Gasteiger partial charge in [0.15, 0.2) is 0 Å². The van der Waals surface area contributed by atoms with Crippen LogP contribution in [0.3, 0.4) is 0 Å². The van der Waals surface area contributed by atoms with Crippen molar-refractivity contribution in [3.8, 4) is 46.3 Å². The summed E-state index contributed by atoms with van der Waals surface area (Å²) in [5, 5.41) is 5.62. The van der Waals surface area contributed by atoms with E-state index in [0.717, 1.165) is 56.4 Å². The van der Waals surface area contributed by atoms with Gasteiger partial charge in [0, 0.05) is 81.1 Å². The normalized spacial score (nSPS) is 19.1. The van der Waals surface area contributed by atoms with Crippen LogP contribution in [0.25, 0.3) is 0 Å². The molecule has 16 heteroatoms. The number of hydrogen-bond donors (Lipinski definition) is 2. The van der Waals surface area contributed by atoms with Gasteiger partial charge in [-0.25, -0.2) is 0 Å². The monoisotopic (exact) mass is 1010 g/mol. The lowest BCUT2D eigenvalue weighted by atomic mass is 9.69. The maximum atomic E-state index is 13.7. The molecule has 4 aromatic carbocycles. The molecule has 3 atom stereocenters. The zero-order valence-corrected chi connectivity index (χ0v) is 42.4. The molecule has 0 radical (unpaired) electrons. The maximum Gasteiger partial charge on any atom is 0.270 e. The van der Waals surface area contributed by atoms with Crippen LogP contribution in [0, 0.1) is 22.7 Å². The molecule has 10 rings (SSSR count). The van der Waals surface area contributed by atoms with Crippen molar-refractivity contribution in [2.45, 2.75) is 64.1 Å². The van der Waals surface area contributed by atoms with E-state index < -0.39 is 23.9 Å². The van der Waals surface area contributed by atoms with Crippen LogP contribution in [0.5, 0.6) is 34.5 Å². The molecule has 0 bridgehead atoms. The summed E-state index contributed by atoms with van der Waals surface area (Å²) in [5.74, 6) is 8.44. The molecular weight excluding hydrogens is 951 g/mol. The number of pyridine rings is 2. The number of nitrogens with zero attached hydrogens (tertiary/aromatic N) is 5. The number of ether oxygens (including phenoxy) is 5. The number of amides is 4. The van der Waals surface area contributed by atoms with Gasteiger partial charge in [-0.2, -0.15) is 0 Å². The standard InChI is InChI=1S/C59H59N7O9/c1-58(2,22-19-39-15-18-52-51(31-39)65(4)57(70)48(37-72-52)62-54(67)46-33-43(20-26-60-46)74-41-11-7-5-8-12-41)35-45-36-59(25-30-71-45)23-28-66(29-24-59)40-16-17-50-53(32-40)73-38-49(56(69)64(50)3)63-55(68)47-34-44(21-27-61-47)75-42-13-9-6-10-14-42/h5-18,20-21,26-27,31-34,45,48-49H,23-25,28-30,35-38H2,1-4H3,(H,62,67)(H,63,68). The zero-order valence-electron chi connectivity index (χ0n) is 42.4. The Kier molecular flexibility index (Phi) is 14.4. The number of benzene rings is 4. The van der Waals surface area contributed by atoms with Crippen molar-refractivity contribution >= 4 is 40.7 Å². The van der Waals surface area contributed by atoms with Crippen molar-refractivity contribution in [2.75, 3.05) is 61.7 Å². The summed E-state index contributed by atoms with van der Waals surface area (Å²) >= 11 is 0. The molecule has 4 amide bonds. The Morgan fingerprint density at radius 2 is 1.25 bits per heavy atom. The Morgan fingerprint density at radius 3 is 1.85 bits per heavy atom. The van der Waals surface area contributed by atoms with Gasteiger partial charge in [0.2, 0.25) is 0 Å². The van der Waals surface area contributed by atoms with Crippen LogP contribution in [-0.2, 0) is 14.3 Å². The van der Waals surface area contributed by atoms with Crippen LogP contribution in [0.15, 0.2) is 134 Å². The van der Waals surface area contributed by atoms with Crippen LogP contribution >= 0.6 is 0 Å². The topological polar surface area (TPSA) is 174 Å². The summed E-state index contributed by atoms with van der Waals surface area (Å²) in [4.78, 5) is 68.0. The third-order valence-electron chi connectivity index (χ3n) is 14.3. The number of hydrogen-bond acceptors (Lipinski definition) is 12. The highest BCUT2D eigenvalue weighted by Gasteiger charge is 2.41. The molecule has 2 fully saturated rings. The molecule has 6 aromatic rings. The fourth-order valence-electron chi connectivity index (χ4n) is 10.2. The van der Waals surface area contributed by atoms with Crippen molar-refractivity contribution in [3.63, 3.8) is 0 Å². The van der Waals surface area contributed by atoms with Crippen LogP contribution in [0.1, 0.15) is 72.5 Å². The summed E-state index contributed by atoms with van der Waals surface area (Å²) in [6, 6.07) is 34.5. The van der Waals surface area contributed by atoms with Gasteiger partial charge in [-0.1, -0.05) is 48.2 Å². The Balaban J connectivity index is 0.717. The van der Waals surface area contributed by atoms with Gasteiger partial charge in [-0.3, -0.25) is 29.1 Å². The van der Waals surface area contributed by atoms with Crippen molar-refractivity contribution in [1.82, 2.24) is 20.6 Å². The number of rotatable bonds is 11. The number of carbonyl (C=O) groups is 4. The predicted octanol–water partition coefficient (Wildman–Crippen LogP) is 8.60. The highest BCUT2D eigenvalue weighted by Crippen LogP contribution is 2.46. The highest BCUT2D eigenvalue weighted by molar-refractivity contribution is 6.04. The van der Waals surface area contributed by atoms with Crippen molar-refractivity contribution in [3.05, 3.63) is 151 Å². The lowest BCUT2D eigenvalue weighted by molar-refractivity contribution is -0.121. The average molecular weight is 1010 g/mol. The second-order valence-electron chi connectivity index (χ2n) is 20.2. The molecule has 0 aliphatic carbocycles. The summed E-state index contributed by atoms with van der Waals surface area (Å²) in [6.45, 7) is 6.61. The number of aromatic nitrogens is 2. The summed E-state index contributed by atoms with van der Waals surface area (Å²) < 4.78 is 30.5. The molecule has 3 unspecified atom stereocenters. The molecule has 2 N–H and O–H groups in total. The highest BCUT2D eigenvalue weighted by atomic mass is 16.5. The average Bonchev–Trinajstić information content (AvgIpc) is 3.61. The number of para-hydroxylation sites is 2. The first-order valence-electron chi connectivity index (χ1n) is 25.3. The van der Waals surface area contributed by atoms with Crippen LogP contribution < -0.4 is 44.3 Å². The number of likely N-dealkylation sites (N-methyl/N-ethyl adjacent to an activating group) is 2. The number of carbonyl (C=O) groups excluding carboxylic acids is 4. The molecule has 4 aliphatic heterocycles. The number of nitrogens with one attached hydrogen (secondary N) is 2. The van der Waals surface area contributed by atoms with Crippen LogP contribution in [0.2, 0.25) is 0 Å². The molecule has 0 saturated carbocycles. The first-order valence-corrected chi connectivity index (χ1v) is 25.3. The third kappa shape index (κ3) is 11.7. The van der Waals surface area contributed by atoms with Crippen LogP contribution in [-0.4, -0.2) is 98.8 Å². The fourth-order valence-corrected chi connectivity index (χ4v) is 10.2. The Morgan fingerprint density at radius 1 is 0.680 bits per heavy atom. The van der Waals surface area contributed by atoms with E-state index in [-0.39, 0.29) is 53.3 Å². The fraction of sp³-hybridized carbons (Fsp3) is 0.322. The minimum atomic E-state index is -0.957. The lowest BCUT2D eigenvalue weighted by Crippen LogP contribution is -2.49. The lowest BCUT2D eigenvalue weighted by Gasteiger charge is -2.47. The minimum absolute atomic E-state index is 0.0389. The molecule has 75 heavy (non-hydrogen) atoms. The van der Waals surface area contributed by atoms with E-state index in [1.54, 1.807) is 32.3 Å². The van der Waals surface area contributed by atoms with E-state index in [4.69, 9.17) is 23.7 Å². The van der Waals surface area contributed by atoms with Crippen LogP contribution in [0.4, 0.5) is 17.1 Å². The van der Waals surface area contributed by atoms with Gasteiger partial charge in [0.05, 0.1) is 17.5 Å². The van der Waals surface area contributed by atoms with Gasteiger partial charge < -0.3 is 49.0 Å². The first-order chi connectivity index (χ1) is 36.3. The molecule has 384 valence electrons. The quantitative estimate of drug-likeness (QED) is 0.119. The molecule has 16 nitrogen and oxygen atoms in total. The molecule has 2 saturated heterocycles. The third-order valence-corrected chi connectivity index (χ3v) is 14.3. The zero-order chi connectivity index (χ0) is 52.1. The van der Waals surface area contributed by atoms with E-state index in [2.05, 4.69) is 51.2 Å². The maximum absolute atomic E-state index is 13.7. The van der Waals surface area contributed by atoms with Gasteiger partial charge in [0.25, 0.3) is 23.6 Å². The Bertz CT molecular complexity index is 3150. The molecule has 6 heterocycles. The Hall–Kier alpha value is -8.42. The number of fused-ring (bicyclic) bond motifs is 2. The summed E-state index contributed by atoms with van der Waals surface area (Å²) in [6.07, 6.45) is 7.76.